The SMILES string of the molecule is Cc1nnc(SCc2cc3ccccc3nc2Cl)n1C. The van der Waals surface area contributed by atoms with Crippen molar-refractivity contribution in [1.29, 1.82) is 0 Å². The molecule has 0 unspecified atom stereocenters. The monoisotopic (exact) mass is 304 g/mol. The average molecular weight is 305 g/mol. The fraction of sp³-hybridized carbons (Fsp3) is 0.214. The Morgan fingerprint density at radius 3 is 2.80 bits per heavy atom. The molecule has 0 N–H and O–H groups in total. The summed E-state index contributed by atoms with van der Waals surface area (Å²) in [4.78, 5) is 4.42. The normalized spacial score (nSPS) is 11.2. The molecule has 0 bridgehead atoms. The van der Waals surface area contributed by atoms with Crippen LogP contribution < -0.4 is 0 Å². The molecule has 20 heavy (non-hydrogen) atoms. The number of benzene rings is 1. The molecule has 6 heteroatoms. The summed E-state index contributed by atoms with van der Waals surface area (Å²) in [5.74, 6) is 1.62. The van der Waals surface area contributed by atoms with Crippen LogP contribution >= 0.6 is 23.4 Å². The van der Waals surface area contributed by atoms with Gasteiger partial charge in [-0.05, 0) is 19.1 Å². The molecule has 0 aliphatic heterocycles. The number of hydrogen-bond acceptors (Lipinski definition) is 4. The Labute approximate surface area is 126 Å². The zero-order chi connectivity index (χ0) is 14.1. The minimum atomic E-state index is 0.551. The van der Waals surface area contributed by atoms with Gasteiger partial charge in [0.2, 0.25) is 0 Å². The molecule has 0 amide bonds. The number of para-hydroxylation sites is 1. The number of nitrogens with zero attached hydrogens (tertiary/aromatic N) is 4. The van der Waals surface area contributed by atoms with Crippen LogP contribution in [0.15, 0.2) is 35.5 Å². The fourth-order valence-corrected chi connectivity index (χ4v) is 3.11. The van der Waals surface area contributed by atoms with Crippen molar-refractivity contribution < 1.29 is 0 Å². The van der Waals surface area contributed by atoms with Crippen LogP contribution in [0.2, 0.25) is 5.15 Å². The largest absolute Gasteiger partial charge is 0.309 e. The van der Waals surface area contributed by atoms with E-state index < -0.39 is 0 Å². The fourth-order valence-electron chi connectivity index (χ4n) is 1.89. The van der Waals surface area contributed by atoms with Crippen molar-refractivity contribution >= 4 is 34.3 Å². The maximum atomic E-state index is 6.25. The first-order valence-corrected chi connectivity index (χ1v) is 7.54. The maximum absolute atomic E-state index is 6.25. The topological polar surface area (TPSA) is 43.6 Å². The molecule has 2 heterocycles. The van der Waals surface area contributed by atoms with Crippen molar-refractivity contribution in [3.63, 3.8) is 0 Å². The van der Waals surface area contributed by atoms with Gasteiger partial charge in [-0.1, -0.05) is 41.6 Å². The number of aromatic nitrogens is 4. The zero-order valence-electron chi connectivity index (χ0n) is 11.2. The Kier molecular flexibility index (Phi) is 3.63. The number of aryl methyl sites for hydroxylation is 1. The second-order valence-electron chi connectivity index (χ2n) is 4.51. The van der Waals surface area contributed by atoms with Gasteiger partial charge in [0.15, 0.2) is 5.16 Å². The Hall–Kier alpha value is -1.59. The molecule has 2 aromatic heterocycles. The predicted octanol–water partition coefficient (Wildman–Crippen LogP) is 3.62. The number of rotatable bonds is 3. The highest BCUT2D eigenvalue weighted by Crippen LogP contribution is 2.27. The number of hydrogen-bond donors (Lipinski definition) is 0. The summed E-state index contributed by atoms with van der Waals surface area (Å²) in [6.45, 7) is 1.93. The van der Waals surface area contributed by atoms with Crippen LogP contribution in [0.3, 0.4) is 0 Å². The van der Waals surface area contributed by atoms with Gasteiger partial charge in [-0.25, -0.2) is 4.98 Å². The van der Waals surface area contributed by atoms with Gasteiger partial charge >= 0.3 is 0 Å². The van der Waals surface area contributed by atoms with E-state index in [9.17, 15) is 0 Å². The van der Waals surface area contributed by atoms with Gasteiger partial charge < -0.3 is 4.57 Å². The van der Waals surface area contributed by atoms with E-state index in [2.05, 4.69) is 21.2 Å². The van der Waals surface area contributed by atoms with Gasteiger partial charge in [0, 0.05) is 23.8 Å². The molecule has 0 saturated carbocycles. The molecule has 3 aromatic rings. The number of pyridine rings is 1. The molecule has 0 aliphatic rings. The first-order valence-electron chi connectivity index (χ1n) is 6.18. The quantitative estimate of drug-likeness (QED) is 0.547. The lowest BCUT2D eigenvalue weighted by molar-refractivity contribution is 0.765. The molecule has 1 aromatic carbocycles. The van der Waals surface area contributed by atoms with Gasteiger partial charge in [0.25, 0.3) is 0 Å². The van der Waals surface area contributed by atoms with E-state index in [-0.39, 0.29) is 0 Å². The third-order valence-corrected chi connectivity index (χ3v) is 4.56. The Bertz CT molecular complexity index is 769. The molecule has 3 rings (SSSR count). The van der Waals surface area contributed by atoms with Crippen LogP contribution in [0.4, 0.5) is 0 Å². The Morgan fingerprint density at radius 2 is 2.05 bits per heavy atom. The van der Waals surface area contributed by atoms with E-state index in [1.54, 1.807) is 11.8 Å². The van der Waals surface area contributed by atoms with Crippen LogP contribution in [0.25, 0.3) is 10.9 Å². The van der Waals surface area contributed by atoms with Gasteiger partial charge in [-0.3, -0.25) is 0 Å². The van der Waals surface area contributed by atoms with E-state index in [1.807, 2.05) is 42.8 Å². The first-order chi connectivity index (χ1) is 9.65. The average Bonchev–Trinajstić information content (AvgIpc) is 2.76. The van der Waals surface area contributed by atoms with Gasteiger partial charge in [0.1, 0.15) is 11.0 Å². The highest BCUT2D eigenvalue weighted by molar-refractivity contribution is 7.98. The third-order valence-electron chi connectivity index (χ3n) is 3.16. The van der Waals surface area contributed by atoms with E-state index in [0.29, 0.717) is 5.15 Å². The van der Waals surface area contributed by atoms with Crippen LogP contribution in [0.1, 0.15) is 11.4 Å². The lowest BCUT2D eigenvalue weighted by atomic mass is 10.2. The molecule has 102 valence electrons. The van der Waals surface area contributed by atoms with Crippen molar-refractivity contribution in [3.05, 3.63) is 46.9 Å². The number of fused-ring (bicyclic) bond motifs is 1. The maximum Gasteiger partial charge on any atom is 0.191 e. The molecule has 0 aliphatic carbocycles. The summed E-state index contributed by atoms with van der Waals surface area (Å²) in [7, 11) is 1.96. The second kappa shape index (κ2) is 5.42. The van der Waals surface area contributed by atoms with Crippen LogP contribution in [-0.2, 0) is 12.8 Å². The highest BCUT2D eigenvalue weighted by atomic mass is 35.5. The molecule has 0 fully saturated rings. The van der Waals surface area contributed by atoms with Crippen molar-refractivity contribution in [3.8, 4) is 0 Å². The second-order valence-corrected chi connectivity index (χ2v) is 5.81. The van der Waals surface area contributed by atoms with Crippen LogP contribution in [0, 0.1) is 6.92 Å². The minimum Gasteiger partial charge on any atom is -0.309 e. The Morgan fingerprint density at radius 1 is 1.25 bits per heavy atom. The standard InChI is InChI=1S/C14H13ClN4S/c1-9-17-18-14(19(9)2)20-8-11-7-10-5-3-4-6-12(10)16-13(11)15/h3-7H,8H2,1-2H3. The van der Waals surface area contributed by atoms with Crippen LogP contribution in [0.5, 0.6) is 0 Å². The van der Waals surface area contributed by atoms with E-state index in [4.69, 9.17) is 11.6 Å². The van der Waals surface area contributed by atoms with E-state index in [0.717, 1.165) is 33.2 Å². The van der Waals surface area contributed by atoms with Gasteiger partial charge in [0.05, 0.1) is 5.52 Å². The van der Waals surface area contributed by atoms with Crippen molar-refractivity contribution in [1.82, 2.24) is 19.7 Å². The van der Waals surface area contributed by atoms with Gasteiger partial charge in [-0.2, -0.15) is 0 Å². The van der Waals surface area contributed by atoms with Crippen molar-refractivity contribution in [2.24, 2.45) is 7.05 Å². The summed E-state index contributed by atoms with van der Waals surface area (Å²) in [6.07, 6.45) is 0. The zero-order valence-corrected chi connectivity index (χ0v) is 12.7. The minimum absolute atomic E-state index is 0.551. The summed E-state index contributed by atoms with van der Waals surface area (Å²) >= 11 is 7.86. The summed E-state index contributed by atoms with van der Waals surface area (Å²) in [5, 5.41) is 10.7. The molecule has 4 nitrogen and oxygen atoms in total. The molecular weight excluding hydrogens is 292 g/mol. The third kappa shape index (κ3) is 2.51. The predicted molar refractivity (Wildman–Crippen MR) is 82.1 cm³/mol. The molecular formula is C14H13ClN4S. The smallest absolute Gasteiger partial charge is 0.191 e. The lowest BCUT2D eigenvalue weighted by Crippen LogP contribution is -1.94. The first kappa shape index (κ1) is 13.4. The molecule has 0 saturated heterocycles. The lowest BCUT2D eigenvalue weighted by Gasteiger charge is -2.06. The van der Waals surface area contributed by atoms with E-state index in [1.165, 1.54) is 0 Å². The van der Waals surface area contributed by atoms with Crippen molar-refractivity contribution in [2.75, 3.05) is 0 Å². The van der Waals surface area contributed by atoms with Crippen LogP contribution in [-0.4, -0.2) is 19.7 Å². The van der Waals surface area contributed by atoms with Gasteiger partial charge in [-0.15, -0.1) is 10.2 Å². The summed E-state index contributed by atoms with van der Waals surface area (Å²) in [6, 6.07) is 10.0. The number of thioether (sulfide) groups is 1. The molecule has 0 radical (unpaired) electrons. The summed E-state index contributed by atoms with van der Waals surface area (Å²) < 4.78 is 1.97. The molecule has 0 spiro atoms. The van der Waals surface area contributed by atoms with Crippen molar-refractivity contribution in [2.45, 2.75) is 17.8 Å². The number of halogens is 1. The molecule has 0 atom stereocenters. The highest BCUT2D eigenvalue weighted by Gasteiger charge is 2.09. The summed E-state index contributed by atoms with van der Waals surface area (Å²) in [5.41, 5.74) is 1.93. The Balaban J connectivity index is 1.87. The van der Waals surface area contributed by atoms with E-state index >= 15 is 0 Å².